The fraction of sp³-hybridized carbons (Fsp3) is 0.333. The van der Waals surface area contributed by atoms with Gasteiger partial charge in [0.1, 0.15) is 0 Å². The lowest BCUT2D eigenvalue weighted by atomic mass is 10.1. The van der Waals surface area contributed by atoms with Gasteiger partial charge in [-0.1, -0.05) is 49.9 Å². The van der Waals surface area contributed by atoms with Gasteiger partial charge < -0.3 is 10.6 Å². The molecule has 0 aliphatic heterocycles. The van der Waals surface area contributed by atoms with Crippen molar-refractivity contribution in [1.29, 1.82) is 0 Å². The molecule has 1 aliphatic carbocycles. The number of hydrogen-bond acceptors (Lipinski definition) is 5. The number of anilines is 1. The van der Waals surface area contributed by atoms with E-state index in [1.54, 1.807) is 41.0 Å². The molecule has 0 saturated heterocycles. The molecule has 3 aromatic rings. The van der Waals surface area contributed by atoms with Crippen LogP contribution in [0.25, 0.3) is 10.9 Å². The van der Waals surface area contributed by atoms with Gasteiger partial charge in [-0.05, 0) is 43.0 Å². The Labute approximate surface area is 190 Å². The van der Waals surface area contributed by atoms with Gasteiger partial charge in [0.2, 0.25) is 5.91 Å². The standard InChI is InChI=1S/C24H26N4O3S/c1-15(2)13-28-23(31)18-8-4-6-10-20(18)27-24(28)32-14-21(29)26-19-9-5-3-7-17(19)22(30)25-16-11-12-16/h3-10,15-16H,11-14H2,1-2H3,(H,25,30)(H,26,29). The highest BCUT2D eigenvalue weighted by atomic mass is 32.2. The Morgan fingerprint density at radius 1 is 1.12 bits per heavy atom. The normalized spacial score (nSPS) is 13.3. The maximum atomic E-state index is 13.0. The number of carbonyl (C=O) groups excluding carboxylic acids is 2. The third-order valence-corrected chi connectivity index (χ3v) is 6.04. The van der Waals surface area contributed by atoms with Crippen LogP contribution in [0.5, 0.6) is 0 Å². The van der Waals surface area contributed by atoms with Gasteiger partial charge >= 0.3 is 0 Å². The summed E-state index contributed by atoms with van der Waals surface area (Å²) in [6.45, 7) is 4.59. The topological polar surface area (TPSA) is 93.1 Å². The van der Waals surface area contributed by atoms with E-state index in [0.29, 0.717) is 33.9 Å². The molecule has 1 heterocycles. The number of fused-ring (bicyclic) bond motifs is 1. The predicted molar refractivity (Wildman–Crippen MR) is 127 cm³/mol. The van der Waals surface area contributed by atoms with Crippen molar-refractivity contribution in [3.05, 3.63) is 64.4 Å². The molecule has 2 aromatic carbocycles. The fourth-order valence-corrected chi connectivity index (χ4v) is 4.19. The van der Waals surface area contributed by atoms with Crippen molar-refractivity contribution in [2.24, 2.45) is 5.92 Å². The molecule has 32 heavy (non-hydrogen) atoms. The van der Waals surface area contributed by atoms with Gasteiger partial charge in [-0.2, -0.15) is 0 Å². The van der Waals surface area contributed by atoms with Crippen molar-refractivity contribution in [3.8, 4) is 0 Å². The third kappa shape index (κ3) is 5.19. The Kier molecular flexibility index (Phi) is 6.60. The Bertz CT molecular complexity index is 1220. The van der Waals surface area contributed by atoms with E-state index in [1.165, 1.54) is 11.8 Å². The van der Waals surface area contributed by atoms with Crippen LogP contribution in [-0.4, -0.2) is 33.2 Å². The molecule has 7 nitrogen and oxygen atoms in total. The van der Waals surface area contributed by atoms with Crippen LogP contribution in [0.3, 0.4) is 0 Å². The average molecular weight is 451 g/mol. The minimum atomic E-state index is -0.264. The first-order valence-electron chi connectivity index (χ1n) is 10.7. The van der Waals surface area contributed by atoms with Crippen molar-refractivity contribution < 1.29 is 9.59 Å². The lowest BCUT2D eigenvalue weighted by molar-refractivity contribution is -0.113. The van der Waals surface area contributed by atoms with Crippen LogP contribution in [0.1, 0.15) is 37.0 Å². The van der Waals surface area contributed by atoms with E-state index in [9.17, 15) is 14.4 Å². The van der Waals surface area contributed by atoms with Crippen LogP contribution in [0, 0.1) is 5.92 Å². The lowest BCUT2D eigenvalue weighted by Gasteiger charge is -2.15. The molecule has 4 rings (SSSR count). The number of nitrogens with zero attached hydrogens (tertiary/aromatic N) is 2. The van der Waals surface area contributed by atoms with Gasteiger partial charge in [0, 0.05) is 12.6 Å². The molecule has 166 valence electrons. The lowest BCUT2D eigenvalue weighted by Crippen LogP contribution is -2.27. The Balaban J connectivity index is 1.51. The molecule has 1 aliphatic rings. The summed E-state index contributed by atoms with van der Waals surface area (Å²) >= 11 is 1.22. The van der Waals surface area contributed by atoms with Crippen molar-refractivity contribution in [1.82, 2.24) is 14.9 Å². The summed E-state index contributed by atoms with van der Waals surface area (Å²) in [6, 6.07) is 14.4. The van der Waals surface area contributed by atoms with E-state index in [2.05, 4.69) is 15.6 Å². The molecule has 0 spiro atoms. The second-order valence-electron chi connectivity index (χ2n) is 8.35. The molecule has 1 saturated carbocycles. The zero-order valence-corrected chi connectivity index (χ0v) is 18.9. The molecular formula is C24H26N4O3S. The van der Waals surface area contributed by atoms with Gasteiger partial charge in [0.05, 0.1) is 27.9 Å². The van der Waals surface area contributed by atoms with Crippen LogP contribution >= 0.6 is 11.8 Å². The summed E-state index contributed by atoms with van der Waals surface area (Å²) in [5, 5.41) is 6.86. The van der Waals surface area contributed by atoms with E-state index in [4.69, 9.17) is 0 Å². The van der Waals surface area contributed by atoms with Gasteiger partial charge in [0.25, 0.3) is 11.5 Å². The molecule has 0 atom stereocenters. The molecule has 2 amide bonds. The highest BCUT2D eigenvalue weighted by molar-refractivity contribution is 7.99. The Hall–Kier alpha value is -3.13. The summed E-state index contributed by atoms with van der Waals surface area (Å²) in [5.41, 5.74) is 1.43. The Morgan fingerprint density at radius 2 is 1.84 bits per heavy atom. The second-order valence-corrected chi connectivity index (χ2v) is 9.29. The van der Waals surface area contributed by atoms with Gasteiger partial charge in [0.15, 0.2) is 5.16 Å². The molecule has 2 N–H and O–H groups in total. The molecular weight excluding hydrogens is 424 g/mol. The van der Waals surface area contributed by atoms with Crippen LogP contribution in [0.2, 0.25) is 0 Å². The number of rotatable bonds is 8. The molecule has 0 radical (unpaired) electrons. The monoisotopic (exact) mass is 450 g/mol. The van der Waals surface area contributed by atoms with Gasteiger partial charge in [-0.3, -0.25) is 19.0 Å². The third-order valence-electron chi connectivity index (χ3n) is 5.07. The smallest absolute Gasteiger partial charge is 0.262 e. The SMILES string of the molecule is CC(C)Cn1c(SCC(=O)Nc2ccccc2C(=O)NC2CC2)nc2ccccc2c1=O. The van der Waals surface area contributed by atoms with Crippen LogP contribution < -0.4 is 16.2 Å². The first kappa shape index (κ1) is 22.1. The van der Waals surface area contributed by atoms with E-state index >= 15 is 0 Å². The van der Waals surface area contributed by atoms with Crippen molar-refractivity contribution >= 4 is 40.2 Å². The fourth-order valence-electron chi connectivity index (χ4n) is 3.38. The molecule has 8 heteroatoms. The average Bonchev–Trinajstić information content (AvgIpc) is 3.58. The van der Waals surface area contributed by atoms with Crippen LogP contribution in [0.4, 0.5) is 5.69 Å². The number of nitrogens with one attached hydrogen (secondary N) is 2. The quantitative estimate of drug-likeness (QED) is 0.403. The number of thioether (sulfide) groups is 1. The second kappa shape index (κ2) is 9.56. The van der Waals surface area contributed by atoms with Gasteiger partial charge in [-0.25, -0.2) is 4.98 Å². The summed E-state index contributed by atoms with van der Waals surface area (Å²) in [7, 11) is 0. The maximum Gasteiger partial charge on any atom is 0.262 e. The number of benzene rings is 2. The summed E-state index contributed by atoms with van der Waals surface area (Å²) < 4.78 is 1.64. The first-order chi connectivity index (χ1) is 15.4. The number of para-hydroxylation sites is 2. The summed E-state index contributed by atoms with van der Waals surface area (Å²) in [5.74, 6) is -0.125. The largest absolute Gasteiger partial charge is 0.349 e. The highest BCUT2D eigenvalue weighted by Gasteiger charge is 2.25. The molecule has 1 fully saturated rings. The van der Waals surface area contributed by atoms with E-state index < -0.39 is 0 Å². The van der Waals surface area contributed by atoms with Crippen molar-refractivity contribution in [2.45, 2.75) is 44.4 Å². The van der Waals surface area contributed by atoms with Crippen LogP contribution in [0.15, 0.2) is 58.5 Å². The highest BCUT2D eigenvalue weighted by Crippen LogP contribution is 2.23. The Morgan fingerprint density at radius 3 is 2.59 bits per heavy atom. The minimum Gasteiger partial charge on any atom is -0.349 e. The van der Waals surface area contributed by atoms with Crippen molar-refractivity contribution in [3.63, 3.8) is 0 Å². The number of carbonyl (C=O) groups is 2. The number of hydrogen-bond donors (Lipinski definition) is 2. The number of aromatic nitrogens is 2. The summed E-state index contributed by atoms with van der Waals surface area (Å²) in [6.07, 6.45) is 1.99. The maximum absolute atomic E-state index is 13.0. The van der Waals surface area contributed by atoms with E-state index in [1.807, 2.05) is 26.0 Å². The summed E-state index contributed by atoms with van der Waals surface area (Å²) in [4.78, 5) is 42.8. The molecule has 1 aromatic heterocycles. The van der Waals surface area contributed by atoms with E-state index in [-0.39, 0.29) is 35.1 Å². The first-order valence-corrected chi connectivity index (χ1v) is 11.7. The zero-order valence-electron chi connectivity index (χ0n) is 18.1. The van der Waals surface area contributed by atoms with Crippen molar-refractivity contribution in [2.75, 3.05) is 11.1 Å². The molecule has 0 bridgehead atoms. The minimum absolute atomic E-state index is 0.0709. The van der Waals surface area contributed by atoms with E-state index in [0.717, 1.165) is 12.8 Å². The molecule has 0 unspecified atom stereocenters. The predicted octanol–water partition coefficient (Wildman–Crippen LogP) is 3.68. The van der Waals surface area contributed by atoms with Gasteiger partial charge in [-0.15, -0.1) is 0 Å². The van der Waals surface area contributed by atoms with Crippen LogP contribution in [-0.2, 0) is 11.3 Å². The zero-order chi connectivity index (χ0) is 22.7. The number of amides is 2.